The number of hydrogen-bond acceptors (Lipinski definition) is 4. The van der Waals surface area contributed by atoms with Crippen molar-refractivity contribution in [2.75, 3.05) is 20.6 Å². The second-order valence-electron chi connectivity index (χ2n) is 7.32. The number of fused-ring (bicyclic) bond motifs is 1. The third-order valence-corrected chi connectivity index (χ3v) is 5.82. The van der Waals surface area contributed by atoms with Crippen LogP contribution in [0.5, 0.6) is 0 Å². The van der Waals surface area contributed by atoms with Gasteiger partial charge in [0.2, 0.25) is 0 Å². The Bertz CT molecular complexity index is 724. The summed E-state index contributed by atoms with van der Waals surface area (Å²) in [6.45, 7) is 5.18. The minimum Gasteiger partial charge on any atom is -0.345 e. The fourth-order valence-corrected chi connectivity index (χ4v) is 4.41. The minimum atomic E-state index is -0.0457. The Kier molecular flexibility index (Phi) is 4.23. The Morgan fingerprint density at radius 1 is 1.48 bits per heavy atom. The largest absolute Gasteiger partial charge is 0.345 e. The number of amides is 1. The molecule has 0 unspecified atom stereocenters. The van der Waals surface area contributed by atoms with Crippen molar-refractivity contribution in [3.05, 3.63) is 16.6 Å². The predicted molar refractivity (Wildman–Crippen MR) is 95.3 cm³/mol. The summed E-state index contributed by atoms with van der Waals surface area (Å²) in [5, 5.41) is 8.99. The second-order valence-corrected chi connectivity index (χ2v) is 8.35. The van der Waals surface area contributed by atoms with Crippen LogP contribution in [0.3, 0.4) is 0 Å². The zero-order valence-electron chi connectivity index (χ0n) is 14.6. The maximum Gasteiger partial charge on any atom is 0.261 e. The zero-order chi connectivity index (χ0) is 16.8. The number of rotatable bonds is 5. The third-order valence-electron chi connectivity index (χ3n) is 4.62. The van der Waals surface area contributed by atoms with Gasteiger partial charge in [-0.2, -0.15) is 5.10 Å². The van der Waals surface area contributed by atoms with Crippen LogP contribution in [0.1, 0.15) is 54.4 Å². The lowest BCUT2D eigenvalue weighted by Crippen LogP contribution is -2.58. The molecular formula is C17H26N4OS. The molecule has 1 aliphatic rings. The molecule has 3 rings (SSSR count). The normalized spacial score (nSPS) is 17.0. The topological polar surface area (TPSA) is 50.2 Å². The molecule has 5 nitrogen and oxygen atoms in total. The quantitative estimate of drug-likeness (QED) is 0.914. The number of aromatic nitrogens is 2. The van der Waals surface area contributed by atoms with E-state index in [2.05, 4.69) is 43.3 Å². The van der Waals surface area contributed by atoms with Crippen LogP contribution in [0.25, 0.3) is 10.2 Å². The van der Waals surface area contributed by atoms with Gasteiger partial charge in [-0.25, -0.2) is 0 Å². The average Bonchev–Trinajstić information content (AvgIpc) is 2.96. The number of carbonyl (C=O) groups is 1. The standard InChI is InChI=1S/C17H26N4OS/c1-11(2)14-12-9-13(23-16(12)21(5)19-14)15(22)18-17(7-6-8-17)10-20(3)4/h9,11H,6-8,10H2,1-5H3,(H,18,22). The molecule has 23 heavy (non-hydrogen) atoms. The van der Waals surface area contributed by atoms with Crippen molar-refractivity contribution < 1.29 is 4.79 Å². The molecule has 1 N–H and O–H groups in total. The lowest BCUT2D eigenvalue weighted by atomic mass is 9.76. The SMILES string of the molecule is CC(C)c1nn(C)c2sc(C(=O)NC3(CN(C)C)CCC3)cc12. The molecule has 1 aliphatic carbocycles. The van der Waals surface area contributed by atoms with Crippen molar-refractivity contribution in [1.29, 1.82) is 0 Å². The van der Waals surface area contributed by atoms with Crippen molar-refractivity contribution in [3.63, 3.8) is 0 Å². The first-order valence-corrected chi connectivity index (χ1v) is 9.07. The summed E-state index contributed by atoms with van der Waals surface area (Å²) in [5.74, 6) is 0.415. The third kappa shape index (κ3) is 3.02. The zero-order valence-corrected chi connectivity index (χ0v) is 15.5. The van der Waals surface area contributed by atoms with E-state index < -0.39 is 0 Å². The molecule has 0 saturated heterocycles. The Labute approximate surface area is 141 Å². The lowest BCUT2D eigenvalue weighted by Gasteiger charge is -2.44. The monoisotopic (exact) mass is 334 g/mol. The van der Waals surface area contributed by atoms with Crippen molar-refractivity contribution >= 4 is 27.5 Å². The fraction of sp³-hybridized carbons (Fsp3) is 0.647. The molecule has 0 aliphatic heterocycles. The molecule has 0 spiro atoms. The van der Waals surface area contributed by atoms with Crippen LogP contribution in [0.2, 0.25) is 0 Å². The summed E-state index contributed by atoms with van der Waals surface area (Å²) in [6, 6.07) is 2.01. The number of hydrogen-bond donors (Lipinski definition) is 1. The van der Waals surface area contributed by atoms with E-state index in [0.717, 1.165) is 40.2 Å². The molecule has 6 heteroatoms. The second kappa shape index (κ2) is 5.91. The van der Waals surface area contributed by atoms with E-state index in [9.17, 15) is 4.79 Å². The number of thiophene rings is 1. The first-order chi connectivity index (χ1) is 10.8. The van der Waals surface area contributed by atoms with Gasteiger partial charge in [0.25, 0.3) is 5.91 Å². The molecule has 1 saturated carbocycles. The number of carbonyl (C=O) groups excluding carboxylic acids is 1. The van der Waals surface area contributed by atoms with E-state index in [-0.39, 0.29) is 11.4 Å². The summed E-state index contributed by atoms with van der Waals surface area (Å²) < 4.78 is 1.89. The highest BCUT2D eigenvalue weighted by Gasteiger charge is 2.39. The van der Waals surface area contributed by atoms with Gasteiger partial charge < -0.3 is 10.2 Å². The lowest BCUT2D eigenvalue weighted by molar-refractivity contribution is 0.0777. The maximum atomic E-state index is 12.7. The Morgan fingerprint density at radius 3 is 2.70 bits per heavy atom. The Balaban J connectivity index is 1.85. The van der Waals surface area contributed by atoms with E-state index in [1.165, 1.54) is 17.8 Å². The van der Waals surface area contributed by atoms with Crippen LogP contribution >= 0.6 is 11.3 Å². The van der Waals surface area contributed by atoms with Crippen LogP contribution in [-0.2, 0) is 7.05 Å². The summed E-state index contributed by atoms with van der Waals surface area (Å²) in [6.07, 6.45) is 3.34. The first kappa shape index (κ1) is 16.5. The molecule has 0 bridgehead atoms. The van der Waals surface area contributed by atoms with Crippen molar-refractivity contribution in [2.24, 2.45) is 7.05 Å². The van der Waals surface area contributed by atoms with Crippen LogP contribution in [0, 0.1) is 0 Å². The summed E-state index contributed by atoms with van der Waals surface area (Å²) in [4.78, 5) is 16.8. The van der Waals surface area contributed by atoms with Gasteiger partial charge in [-0.3, -0.25) is 9.48 Å². The van der Waals surface area contributed by atoms with Crippen LogP contribution < -0.4 is 5.32 Å². The Morgan fingerprint density at radius 2 is 2.17 bits per heavy atom. The van der Waals surface area contributed by atoms with Gasteiger partial charge in [-0.15, -0.1) is 11.3 Å². The molecule has 2 heterocycles. The van der Waals surface area contributed by atoms with Crippen molar-refractivity contribution in [1.82, 2.24) is 20.0 Å². The molecule has 0 radical (unpaired) electrons. The van der Waals surface area contributed by atoms with Crippen LogP contribution in [-0.4, -0.2) is 46.8 Å². The van der Waals surface area contributed by atoms with Crippen molar-refractivity contribution in [2.45, 2.75) is 44.6 Å². The van der Waals surface area contributed by atoms with Gasteiger partial charge in [0.15, 0.2) is 0 Å². The molecule has 0 atom stereocenters. The summed E-state index contributed by atoms with van der Waals surface area (Å²) >= 11 is 1.54. The number of nitrogens with one attached hydrogen (secondary N) is 1. The highest BCUT2D eigenvalue weighted by molar-refractivity contribution is 7.20. The van der Waals surface area contributed by atoms with E-state index >= 15 is 0 Å². The highest BCUT2D eigenvalue weighted by Crippen LogP contribution is 2.35. The smallest absolute Gasteiger partial charge is 0.261 e. The predicted octanol–water partition coefficient (Wildman–Crippen LogP) is 2.97. The molecule has 0 aromatic carbocycles. The average molecular weight is 334 g/mol. The van der Waals surface area contributed by atoms with Gasteiger partial charge in [-0.1, -0.05) is 13.8 Å². The number of likely N-dealkylation sites (N-methyl/N-ethyl adjacent to an activating group) is 1. The van der Waals surface area contributed by atoms with Crippen LogP contribution in [0.15, 0.2) is 6.07 Å². The van der Waals surface area contributed by atoms with E-state index in [1.54, 1.807) is 0 Å². The minimum absolute atomic E-state index is 0.0457. The van der Waals surface area contributed by atoms with E-state index in [0.29, 0.717) is 5.92 Å². The number of aryl methyl sites for hydroxylation is 1. The molecular weight excluding hydrogens is 308 g/mol. The first-order valence-electron chi connectivity index (χ1n) is 8.25. The van der Waals surface area contributed by atoms with E-state index in [1.807, 2.05) is 17.8 Å². The summed E-state index contributed by atoms with van der Waals surface area (Å²) in [5.41, 5.74) is 1.03. The molecule has 2 aromatic rings. The molecule has 1 fully saturated rings. The van der Waals surface area contributed by atoms with Crippen molar-refractivity contribution in [3.8, 4) is 0 Å². The van der Waals surface area contributed by atoms with Gasteiger partial charge in [0, 0.05) is 19.0 Å². The van der Waals surface area contributed by atoms with Gasteiger partial charge in [0.1, 0.15) is 4.83 Å². The maximum absolute atomic E-state index is 12.7. The highest BCUT2D eigenvalue weighted by atomic mass is 32.1. The Hall–Kier alpha value is -1.40. The summed E-state index contributed by atoms with van der Waals surface area (Å²) in [7, 11) is 6.07. The molecule has 1 amide bonds. The van der Waals surface area contributed by atoms with Gasteiger partial charge in [0.05, 0.1) is 16.1 Å². The number of nitrogens with zero attached hydrogens (tertiary/aromatic N) is 3. The van der Waals surface area contributed by atoms with E-state index in [4.69, 9.17) is 0 Å². The van der Waals surface area contributed by atoms with Gasteiger partial charge >= 0.3 is 0 Å². The van der Waals surface area contributed by atoms with Crippen LogP contribution in [0.4, 0.5) is 0 Å². The fourth-order valence-electron chi connectivity index (χ4n) is 3.44. The molecule has 126 valence electrons. The van der Waals surface area contributed by atoms with Gasteiger partial charge in [-0.05, 0) is 45.3 Å². The molecule has 2 aromatic heterocycles.